The minimum atomic E-state index is -0.326. The Morgan fingerprint density at radius 3 is 2.31 bits per heavy atom. The standard InChI is InChI=1S/C13H8FNO/c14-8-5-6-10-9-3-1-2-4-11(9)13(15-16)12(10)7-8/h1-7,16H/b15-13-. The highest BCUT2D eigenvalue weighted by Gasteiger charge is 2.25. The monoisotopic (exact) mass is 213 g/mol. The van der Waals surface area contributed by atoms with E-state index in [0.29, 0.717) is 11.3 Å². The molecule has 3 rings (SSSR count). The Kier molecular flexibility index (Phi) is 1.80. The Morgan fingerprint density at radius 1 is 0.875 bits per heavy atom. The predicted molar refractivity (Wildman–Crippen MR) is 59.3 cm³/mol. The first-order valence-electron chi connectivity index (χ1n) is 4.93. The van der Waals surface area contributed by atoms with Gasteiger partial charge in [-0.05, 0) is 23.3 Å². The summed E-state index contributed by atoms with van der Waals surface area (Å²) in [7, 11) is 0. The molecule has 0 atom stereocenters. The molecule has 3 heteroatoms. The van der Waals surface area contributed by atoms with Crippen LogP contribution in [-0.4, -0.2) is 10.9 Å². The van der Waals surface area contributed by atoms with Gasteiger partial charge in [0.15, 0.2) is 0 Å². The number of rotatable bonds is 0. The van der Waals surface area contributed by atoms with Gasteiger partial charge in [0, 0.05) is 11.1 Å². The molecular formula is C13H8FNO. The third kappa shape index (κ3) is 1.08. The van der Waals surface area contributed by atoms with E-state index in [1.54, 1.807) is 6.07 Å². The van der Waals surface area contributed by atoms with Crippen molar-refractivity contribution < 1.29 is 9.60 Å². The smallest absolute Gasteiger partial charge is 0.123 e. The Balaban J connectivity index is 2.39. The van der Waals surface area contributed by atoms with Gasteiger partial charge in [-0.3, -0.25) is 0 Å². The Morgan fingerprint density at radius 2 is 1.56 bits per heavy atom. The molecule has 2 aromatic rings. The van der Waals surface area contributed by atoms with Crippen LogP contribution in [-0.2, 0) is 0 Å². The topological polar surface area (TPSA) is 32.6 Å². The van der Waals surface area contributed by atoms with Crippen LogP contribution in [0.1, 0.15) is 11.1 Å². The molecular weight excluding hydrogens is 205 g/mol. The lowest BCUT2D eigenvalue weighted by atomic mass is 10.1. The number of nitrogens with zero attached hydrogens (tertiary/aromatic N) is 1. The lowest BCUT2D eigenvalue weighted by molar-refractivity contribution is 0.320. The average molecular weight is 213 g/mol. The van der Waals surface area contributed by atoms with Crippen molar-refractivity contribution in [3.63, 3.8) is 0 Å². The van der Waals surface area contributed by atoms with Gasteiger partial charge in [0.1, 0.15) is 11.5 Å². The Labute approximate surface area is 91.7 Å². The van der Waals surface area contributed by atoms with Crippen LogP contribution >= 0.6 is 0 Å². The molecule has 1 aliphatic rings. The van der Waals surface area contributed by atoms with Crippen molar-refractivity contribution in [3.8, 4) is 11.1 Å². The number of hydrogen-bond acceptors (Lipinski definition) is 2. The van der Waals surface area contributed by atoms with Crippen LogP contribution in [0.25, 0.3) is 11.1 Å². The molecule has 0 fully saturated rings. The summed E-state index contributed by atoms with van der Waals surface area (Å²) in [5.41, 5.74) is 3.80. The highest BCUT2D eigenvalue weighted by atomic mass is 19.1. The van der Waals surface area contributed by atoms with Gasteiger partial charge >= 0.3 is 0 Å². The number of hydrogen-bond donors (Lipinski definition) is 1. The number of fused-ring (bicyclic) bond motifs is 3. The van der Waals surface area contributed by atoms with E-state index in [2.05, 4.69) is 5.16 Å². The molecule has 0 aliphatic heterocycles. The molecule has 0 saturated carbocycles. The van der Waals surface area contributed by atoms with Gasteiger partial charge in [0.25, 0.3) is 0 Å². The molecule has 1 aliphatic carbocycles. The molecule has 0 radical (unpaired) electrons. The van der Waals surface area contributed by atoms with Crippen LogP contribution in [0.15, 0.2) is 47.6 Å². The molecule has 0 spiro atoms. The van der Waals surface area contributed by atoms with Gasteiger partial charge in [0.05, 0.1) is 0 Å². The van der Waals surface area contributed by atoms with Crippen LogP contribution in [0.2, 0.25) is 0 Å². The van der Waals surface area contributed by atoms with Crippen molar-refractivity contribution in [2.45, 2.75) is 0 Å². The maximum atomic E-state index is 13.2. The average Bonchev–Trinajstić information content (AvgIpc) is 2.61. The highest BCUT2D eigenvalue weighted by molar-refractivity contribution is 6.24. The fourth-order valence-electron chi connectivity index (χ4n) is 2.12. The van der Waals surface area contributed by atoms with Gasteiger partial charge in [0.2, 0.25) is 0 Å². The second kappa shape index (κ2) is 3.17. The molecule has 0 amide bonds. The summed E-state index contributed by atoms with van der Waals surface area (Å²) < 4.78 is 13.2. The second-order valence-electron chi connectivity index (χ2n) is 3.68. The summed E-state index contributed by atoms with van der Waals surface area (Å²) in [6, 6.07) is 12.1. The SMILES string of the molecule is O/N=C1/c2ccccc2-c2ccc(F)cc21. The zero-order valence-electron chi connectivity index (χ0n) is 8.31. The number of benzene rings is 2. The van der Waals surface area contributed by atoms with E-state index in [4.69, 9.17) is 5.21 Å². The van der Waals surface area contributed by atoms with Gasteiger partial charge in [-0.15, -0.1) is 0 Å². The highest BCUT2D eigenvalue weighted by Crippen LogP contribution is 2.36. The third-order valence-corrected chi connectivity index (χ3v) is 2.81. The first-order chi connectivity index (χ1) is 7.81. The van der Waals surface area contributed by atoms with Crippen molar-refractivity contribution in [2.24, 2.45) is 5.16 Å². The van der Waals surface area contributed by atoms with Gasteiger partial charge < -0.3 is 5.21 Å². The molecule has 1 N–H and O–H groups in total. The van der Waals surface area contributed by atoms with E-state index < -0.39 is 0 Å². The lowest BCUT2D eigenvalue weighted by Crippen LogP contribution is -1.97. The minimum absolute atomic E-state index is 0.326. The Hall–Kier alpha value is -2.16. The zero-order valence-corrected chi connectivity index (χ0v) is 8.31. The van der Waals surface area contributed by atoms with Gasteiger partial charge in [-0.25, -0.2) is 4.39 Å². The van der Waals surface area contributed by atoms with Crippen LogP contribution in [0.5, 0.6) is 0 Å². The normalized spacial score (nSPS) is 14.9. The molecule has 0 saturated heterocycles. The molecule has 0 unspecified atom stereocenters. The fourth-order valence-corrected chi connectivity index (χ4v) is 2.12. The first-order valence-corrected chi connectivity index (χ1v) is 4.93. The summed E-state index contributed by atoms with van der Waals surface area (Å²) in [5.74, 6) is -0.326. The fraction of sp³-hybridized carbons (Fsp3) is 0. The molecule has 2 aromatic carbocycles. The lowest BCUT2D eigenvalue weighted by Gasteiger charge is -1.98. The summed E-state index contributed by atoms with van der Waals surface area (Å²) in [4.78, 5) is 0. The summed E-state index contributed by atoms with van der Waals surface area (Å²) in [6.07, 6.45) is 0. The van der Waals surface area contributed by atoms with E-state index in [9.17, 15) is 4.39 Å². The van der Waals surface area contributed by atoms with Crippen molar-refractivity contribution in [1.29, 1.82) is 0 Å². The van der Waals surface area contributed by atoms with Crippen molar-refractivity contribution in [3.05, 3.63) is 59.4 Å². The van der Waals surface area contributed by atoms with Crippen molar-refractivity contribution in [1.82, 2.24) is 0 Å². The maximum Gasteiger partial charge on any atom is 0.123 e. The molecule has 0 aromatic heterocycles. The summed E-state index contributed by atoms with van der Waals surface area (Å²) in [6.45, 7) is 0. The van der Waals surface area contributed by atoms with Crippen LogP contribution in [0.3, 0.4) is 0 Å². The molecule has 2 nitrogen and oxygen atoms in total. The van der Waals surface area contributed by atoms with Crippen molar-refractivity contribution in [2.75, 3.05) is 0 Å². The number of halogens is 1. The molecule has 0 bridgehead atoms. The summed E-state index contributed by atoms with van der Waals surface area (Å²) >= 11 is 0. The number of oxime groups is 1. The largest absolute Gasteiger partial charge is 0.410 e. The maximum absolute atomic E-state index is 13.2. The Bertz CT molecular complexity index is 605. The zero-order chi connectivity index (χ0) is 11.1. The van der Waals surface area contributed by atoms with E-state index in [-0.39, 0.29) is 5.82 Å². The second-order valence-corrected chi connectivity index (χ2v) is 3.68. The van der Waals surface area contributed by atoms with E-state index >= 15 is 0 Å². The van der Waals surface area contributed by atoms with Gasteiger partial charge in [-0.1, -0.05) is 35.5 Å². The quantitative estimate of drug-likeness (QED) is 0.452. The van der Waals surface area contributed by atoms with Crippen molar-refractivity contribution >= 4 is 5.71 Å². The van der Waals surface area contributed by atoms with Crippen LogP contribution < -0.4 is 0 Å². The molecule has 16 heavy (non-hydrogen) atoms. The predicted octanol–water partition coefficient (Wildman–Crippen LogP) is 3.03. The van der Waals surface area contributed by atoms with Crippen LogP contribution in [0, 0.1) is 5.82 Å². The van der Waals surface area contributed by atoms with E-state index in [1.807, 2.05) is 24.3 Å². The van der Waals surface area contributed by atoms with Gasteiger partial charge in [-0.2, -0.15) is 0 Å². The summed E-state index contributed by atoms with van der Waals surface area (Å²) in [5, 5.41) is 12.3. The third-order valence-electron chi connectivity index (χ3n) is 2.81. The minimum Gasteiger partial charge on any atom is -0.410 e. The molecule has 78 valence electrons. The van der Waals surface area contributed by atoms with E-state index in [0.717, 1.165) is 16.7 Å². The van der Waals surface area contributed by atoms with E-state index in [1.165, 1.54) is 12.1 Å². The first kappa shape index (κ1) is 9.09. The van der Waals surface area contributed by atoms with Crippen LogP contribution in [0.4, 0.5) is 4.39 Å². The molecule has 0 heterocycles.